The summed E-state index contributed by atoms with van der Waals surface area (Å²) in [5, 5.41) is 5.99. The second kappa shape index (κ2) is 7.03. The van der Waals surface area contributed by atoms with E-state index in [1.54, 1.807) is 14.0 Å². The number of rotatable bonds is 6. The molecule has 1 atom stereocenters. The van der Waals surface area contributed by atoms with Crippen molar-refractivity contribution in [3.8, 4) is 0 Å². The molecular formula is C10H15ClN4O2. The van der Waals surface area contributed by atoms with Crippen molar-refractivity contribution in [1.82, 2.24) is 15.3 Å². The Labute approximate surface area is 105 Å². The highest BCUT2D eigenvalue weighted by Crippen LogP contribution is 2.16. The summed E-state index contributed by atoms with van der Waals surface area (Å²) >= 11 is 5.86. The quantitative estimate of drug-likeness (QED) is 0.735. The Hall–Kier alpha value is -1.40. The molecule has 0 aromatic carbocycles. The largest absolute Gasteiger partial charge is 0.383 e. The molecule has 7 heteroatoms. The molecule has 17 heavy (non-hydrogen) atoms. The van der Waals surface area contributed by atoms with E-state index in [4.69, 9.17) is 16.3 Å². The van der Waals surface area contributed by atoms with Crippen LogP contribution in [0.2, 0.25) is 5.02 Å². The van der Waals surface area contributed by atoms with Crippen LogP contribution >= 0.6 is 11.6 Å². The Morgan fingerprint density at radius 1 is 1.65 bits per heavy atom. The van der Waals surface area contributed by atoms with Crippen LogP contribution in [0.4, 0.5) is 5.82 Å². The van der Waals surface area contributed by atoms with Crippen molar-refractivity contribution in [1.29, 1.82) is 0 Å². The third-order valence-electron chi connectivity index (χ3n) is 2.02. The van der Waals surface area contributed by atoms with E-state index in [2.05, 4.69) is 20.6 Å². The lowest BCUT2D eigenvalue weighted by molar-refractivity contribution is -0.121. The molecule has 94 valence electrons. The van der Waals surface area contributed by atoms with Gasteiger partial charge in [-0.1, -0.05) is 11.6 Å². The highest BCUT2D eigenvalue weighted by atomic mass is 35.5. The van der Waals surface area contributed by atoms with Crippen molar-refractivity contribution < 1.29 is 9.53 Å². The van der Waals surface area contributed by atoms with Crippen LogP contribution in [0.3, 0.4) is 0 Å². The number of methoxy groups -OCH3 is 1. The van der Waals surface area contributed by atoms with Gasteiger partial charge in [0.25, 0.3) is 0 Å². The Morgan fingerprint density at radius 2 is 2.41 bits per heavy atom. The summed E-state index contributed by atoms with van der Waals surface area (Å²) in [6.45, 7) is 2.67. The number of anilines is 1. The molecule has 6 nitrogen and oxygen atoms in total. The molecule has 0 aliphatic rings. The van der Waals surface area contributed by atoms with Gasteiger partial charge in [0.15, 0.2) is 0 Å². The Balaban J connectivity index is 2.46. The standard InChI is InChI=1S/C10H15ClN4O2/c1-7(10(16)13-3-4-17-2)15-9-8(11)5-12-6-14-9/h5-7H,3-4H2,1-2H3,(H,13,16)(H,12,14,15). The first-order valence-electron chi connectivity index (χ1n) is 5.14. The molecule has 0 radical (unpaired) electrons. The first-order chi connectivity index (χ1) is 8.15. The van der Waals surface area contributed by atoms with Crippen LogP contribution in [0, 0.1) is 0 Å². The minimum absolute atomic E-state index is 0.142. The van der Waals surface area contributed by atoms with Crippen LogP contribution in [0.5, 0.6) is 0 Å². The fraction of sp³-hybridized carbons (Fsp3) is 0.500. The zero-order valence-electron chi connectivity index (χ0n) is 9.74. The van der Waals surface area contributed by atoms with Gasteiger partial charge in [0.2, 0.25) is 5.91 Å². The maximum absolute atomic E-state index is 11.6. The molecule has 0 aliphatic carbocycles. The van der Waals surface area contributed by atoms with Gasteiger partial charge in [0, 0.05) is 13.7 Å². The smallest absolute Gasteiger partial charge is 0.242 e. The van der Waals surface area contributed by atoms with Crippen molar-refractivity contribution in [3.63, 3.8) is 0 Å². The van der Waals surface area contributed by atoms with E-state index in [1.165, 1.54) is 12.5 Å². The molecule has 1 heterocycles. The van der Waals surface area contributed by atoms with E-state index in [0.717, 1.165) is 0 Å². The SMILES string of the molecule is COCCNC(=O)C(C)Nc1ncncc1Cl. The van der Waals surface area contributed by atoms with Gasteiger partial charge in [-0.15, -0.1) is 0 Å². The highest BCUT2D eigenvalue weighted by Gasteiger charge is 2.13. The highest BCUT2D eigenvalue weighted by molar-refractivity contribution is 6.32. The first kappa shape index (κ1) is 13.7. The summed E-state index contributed by atoms with van der Waals surface area (Å²) < 4.78 is 4.83. The number of nitrogens with zero attached hydrogens (tertiary/aromatic N) is 2. The number of hydrogen-bond donors (Lipinski definition) is 2. The molecule has 1 rings (SSSR count). The van der Waals surface area contributed by atoms with Gasteiger partial charge in [0.1, 0.15) is 23.2 Å². The van der Waals surface area contributed by atoms with Crippen molar-refractivity contribution >= 4 is 23.3 Å². The van der Waals surface area contributed by atoms with Crippen molar-refractivity contribution in [3.05, 3.63) is 17.5 Å². The van der Waals surface area contributed by atoms with E-state index < -0.39 is 6.04 Å². The van der Waals surface area contributed by atoms with Gasteiger partial charge in [-0.3, -0.25) is 4.79 Å². The Kier molecular flexibility index (Phi) is 5.65. The summed E-state index contributed by atoms with van der Waals surface area (Å²) in [5.41, 5.74) is 0. The Bertz CT molecular complexity index is 375. The van der Waals surface area contributed by atoms with E-state index in [0.29, 0.717) is 24.0 Å². The van der Waals surface area contributed by atoms with Crippen LogP contribution in [-0.2, 0) is 9.53 Å². The maximum atomic E-state index is 11.6. The van der Waals surface area contributed by atoms with Gasteiger partial charge in [0.05, 0.1) is 12.8 Å². The minimum atomic E-state index is -0.431. The third-order valence-corrected chi connectivity index (χ3v) is 2.30. The lowest BCUT2D eigenvalue weighted by atomic mass is 10.3. The molecule has 1 aromatic rings. The number of nitrogens with one attached hydrogen (secondary N) is 2. The molecule has 1 aromatic heterocycles. The second-order valence-electron chi connectivity index (χ2n) is 3.37. The summed E-state index contributed by atoms with van der Waals surface area (Å²) in [5.74, 6) is 0.299. The summed E-state index contributed by atoms with van der Waals surface area (Å²) in [4.78, 5) is 19.3. The number of carbonyl (C=O) groups is 1. The molecular weight excluding hydrogens is 244 g/mol. The lowest BCUT2D eigenvalue weighted by Crippen LogP contribution is -2.39. The first-order valence-corrected chi connectivity index (χ1v) is 5.51. The molecule has 1 unspecified atom stereocenters. The van der Waals surface area contributed by atoms with Gasteiger partial charge < -0.3 is 15.4 Å². The van der Waals surface area contributed by atoms with Crippen LogP contribution in [-0.4, -0.2) is 42.2 Å². The molecule has 0 saturated carbocycles. The van der Waals surface area contributed by atoms with Crippen molar-refractivity contribution in [2.75, 3.05) is 25.6 Å². The molecule has 0 bridgehead atoms. The lowest BCUT2D eigenvalue weighted by Gasteiger charge is -2.14. The number of carbonyl (C=O) groups excluding carboxylic acids is 1. The van der Waals surface area contributed by atoms with Crippen LogP contribution in [0.1, 0.15) is 6.92 Å². The molecule has 0 spiro atoms. The molecule has 0 aliphatic heterocycles. The predicted octanol–water partition coefficient (Wildman–Crippen LogP) is 0.693. The average molecular weight is 259 g/mol. The zero-order chi connectivity index (χ0) is 12.7. The minimum Gasteiger partial charge on any atom is -0.383 e. The average Bonchev–Trinajstić information content (AvgIpc) is 2.32. The van der Waals surface area contributed by atoms with Crippen molar-refractivity contribution in [2.45, 2.75) is 13.0 Å². The molecule has 1 amide bonds. The fourth-order valence-corrected chi connectivity index (χ4v) is 1.28. The van der Waals surface area contributed by atoms with Crippen LogP contribution < -0.4 is 10.6 Å². The number of halogens is 1. The topological polar surface area (TPSA) is 76.1 Å². The number of hydrogen-bond acceptors (Lipinski definition) is 5. The van der Waals surface area contributed by atoms with Gasteiger partial charge in [-0.25, -0.2) is 9.97 Å². The summed E-state index contributed by atoms with van der Waals surface area (Å²) in [7, 11) is 1.58. The predicted molar refractivity (Wildman–Crippen MR) is 65.0 cm³/mol. The van der Waals surface area contributed by atoms with Crippen LogP contribution in [0.25, 0.3) is 0 Å². The van der Waals surface area contributed by atoms with E-state index >= 15 is 0 Å². The number of amides is 1. The van der Waals surface area contributed by atoms with E-state index in [-0.39, 0.29) is 5.91 Å². The monoisotopic (exact) mass is 258 g/mol. The van der Waals surface area contributed by atoms with Gasteiger partial charge in [-0.2, -0.15) is 0 Å². The van der Waals surface area contributed by atoms with Crippen LogP contribution in [0.15, 0.2) is 12.5 Å². The van der Waals surface area contributed by atoms with E-state index in [9.17, 15) is 4.79 Å². The summed E-state index contributed by atoms with van der Waals surface area (Å²) in [6.07, 6.45) is 2.83. The maximum Gasteiger partial charge on any atom is 0.242 e. The Morgan fingerprint density at radius 3 is 3.06 bits per heavy atom. The molecule has 2 N–H and O–H groups in total. The normalized spacial score (nSPS) is 11.9. The summed E-state index contributed by atoms with van der Waals surface area (Å²) in [6, 6.07) is -0.431. The van der Waals surface area contributed by atoms with Crippen molar-refractivity contribution in [2.24, 2.45) is 0 Å². The third kappa shape index (κ3) is 4.54. The number of ether oxygens (including phenoxy) is 1. The van der Waals surface area contributed by atoms with E-state index in [1.807, 2.05) is 0 Å². The molecule has 0 fully saturated rings. The number of aromatic nitrogens is 2. The fourth-order valence-electron chi connectivity index (χ4n) is 1.12. The van der Waals surface area contributed by atoms with Gasteiger partial charge in [-0.05, 0) is 6.92 Å². The molecule has 0 saturated heterocycles. The zero-order valence-corrected chi connectivity index (χ0v) is 10.5. The van der Waals surface area contributed by atoms with Gasteiger partial charge >= 0.3 is 0 Å². The second-order valence-corrected chi connectivity index (χ2v) is 3.78.